The summed E-state index contributed by atoms with van der Waals surface area (Å²) in [6, 6.07) is 7.71. The smallest absolute Gasteiger partial charge is 0.267 e. The third kappa shape index (κ3) is 4.77. The summed E-state index contributed by atoms with van der Waals surface area (Å²) in [5.41, 5.74) is 0.725. The third-order valence-electron chi connectivity index (χ3n) is 6.17. The second-order valence-corrected chi connectivity index (χ2v) is 8.11. The second kappa shape index (κ2) is 9.76. The number of para-hydroxylation sites is 2. The van der Waals surface area contributed by atoms with Gasteiger partial charge in [0, 0.05) is 51.2 Å². The van der Waals surface area contributed by atoms with E-state index in [1.165, 1.54) is 0 Å². The van der Waals surface area contributed by atoms with Gasteiger partial charge in [-0.1, -0.05) is 12.1 Å². The predicted octanol–water partition coefficient (Wildman–Crippen LogP) is 1.04. The highest BCUT2D eigenvalue weighted by Gasteiger charge is 2.33. The number of morpholine rings is 1. The second-order valence-electron chi connectivity index (χ2n) is 8.11. The molecule has 2 saturated heterocycles. The Hall–Kier alpha value is -2.16. The third-order valence-corrected chi connectivity index (χ3v) is 6.17. The van der Waals surface area contributed by atoms with Crippen molar-refractivity contribution >= 4 is 17.5 Å². The molecular formula is C22H31N3O5. The van der Waals surface area contributed by atoms with Gasteiger partial charge in [-0.2, -0.15) is 0 Å². The average Bonchev–Trinajstić information content (AvgIpc) is 3.29. The summed E-state index contributed by atoms with van der Waals surface area (Å²) in [5.74, 6) is 0.947. The van der Waals surface area contributed by atoms with Crippen LogP contribution in [0.2, 0.25) is 0 Å². The Morgan fingerprint density at radius 2 is 2.00 bits per heavy atom. The molecule has 3 aliphatic heterocycles. The van der Waals surface area contributed by atoms with E-state index in [1.54, 1.807) is 11.8 Å². The van der Waals surface area contributed by atoms with Crippen molar-refractivity contribution in [2.24, 2.45) is 5.92 Å². The maximum Gasteiger partial charge on any atom is 0.267 e. The molecule has 8 nitrogen and oxygen atoms in total. The fraction of sp³-hybridized carbons (Fsp3) is 0.636. The van der Waals surface area contributed by atoms with Crippen LogP contribution in [0, 0.1) is 5.92 Å². The fourth-order valence-electron chi connectivity index (χ4n) is 4.47. The lowest BCUT2D eigenvalue weighted by molar-refractivity contribution is -0.125. The number of nitrogens with zero attached hydrogens (tertiary/aromatic N) is 2. The van der Waals surface area contributed by atoms with Gasteiger partial charge >= 0.3 is 0 Å². The predicted molar refractivity (Wildman–Crippen MR) is 112 cm³/mol. The molecule has 0 bridgehead atoms. The molecule has 3 heterocycles. The van der Waals surface area contributed by atoms with Gasteiger partial charge in [0.1, 0.15) is 5.75 Å². The van der Waals surface area contributed by atoms with Gasteiger partial charge in [0.25, 0.3) is 5.91 Å². The van der Waals surface area contributed by atoms with Crippen LogP contribution in [-0.2, 0) is 19.1 Å². The van der Waals surface area contributed by atoms with E-state index in [0.29, 0.717) is 24.8 Å². The maximum absolute atomic E-state index is 12.6. The van der Waals surface area contributed by atoms with Gasteiger partial charge in [0.2, 0.25) is 5.91 Å². The summed E-state index contributed by atoms with van der Waals surface area (Å²) in [5, 5.41) is 3.10. The Labute approximate surface area is 177 Å². The Morgan fingerprint density at radius 1 is 1.20 bits per heavy atom. The molecule has 0 aromatic heterocycles. The summed E-state index contributed by atoms with van der Waals surface area (Å²) < 4.78 is 16.7. The van der Waals surface area contributed by atoms with E-state index in [-0.39, 0.29) is 24.3 Å². The summed E-state index contributed by atoms with van der Waals surface area (Å²) in [4.78, 5) is 29.3. The van der Waals surface area contributed by atoms with Crippen LogP contribution in [0.1, 0.15) is 19.8 Å². The van der Waals surface area contributed by atoms with Crippen LogP contribution < -0.4 is 15.0 Å². The first-order chi connectivity index (χ1) is 14.6. The molecule has 1 N–H and O–H groups in total. The van der Waals surface area contributed by atoms with Crippen molar-refractivity contribution in [3.63, 3.8) is 0 Å². The molecule has 0 aliphatic carbocycles. The van der Waals surface area contributed by atoms with E-state index in [9.17, 15) is 9.59 Å². The van der Waals surface area contributed by atoms with E-state index < -0.39 is 6.10 Å². The molecule has 3 unspecified atom stereocenters. The number of nitrogens with one attached hydrogen (secondary N) is 1. The number of ether oxygens (including phenoxy) is 3. The number of benzene rings is 1. The molecule has 8 heteroatoms. The molecule has 30 heavy (non-hydrogen) atoms. The molecule has 4 rings (SSSR count). The highest BCUT2D eigenvalue weighted by Crippen LogP contribution is 2.33. The number of carbonyl (C=O) groups is 2. The van der Waals surface area contributed by atoms with Crippen LogP contribution in [0.3, 0.4) is 0 Å². The fourth-order valence-corrected chi connectivity index (χ4v) is 4.47. The molecule has 3 aliphatic rings. The van der Waals surface area contributed by atoms with Crippen molar-refractivity contribution in [3.8, 4) is 5.75 Å². The molecule has 3 atom stereocenters. The highest BCUT2D eigenvalue weighted by atomic mass is 16.5. The lowest BCUT2D eigenvalue weighted by Gasteiger charge is -2.37. The van der Waals surface area contributed by atoms with Gasteiger partial charge in [-0.25, -0.2) is 0 Å². The van der Waals surface area contributed by atoms with Gasteiger partial charge < -0.3 is 24.4 Å². The zero-order valence-electron chi connectivity index (χ0n) is 17.5. The van der Waals surface area contributed by atoms with Crippen molar-refractivity contribution in [2.75, 3.05) is 57.5 Å². The minimum absolute atomic E-state index is 0.0448. The largest absolute Gasteiger partial charge is 0.479 e. The number of rotatable bonds is 7. The van der Waals surface area contributed by atoms with Crippen molar-refractivity contribution in [2.45, 2.75) is 31.9 Å². The molecule has 2 fully saturated rings. The first kappa shape index (κ1) is 21.1. The topological polar surface area (TPSA) is 80.3 Å². The molecule has 2 amide bonds. The van der Waals surface area contributed by atoms with E-state index >= 15 is 0 Å². The summed E-state index contributed by atoms with van der Waals surface area (Å²) in [7, 11) is 0. The van der Waals surface area contributed by atoms with E-state index in [2.05, 4.69) is 10.2 Å². The lowest BCUT2D eigenvalue weighted by atomic mass is 9.97. The average molecular weight is 418 g/mol. The monoisotopic (exact) mass is 417 g/mol. The number of carbonyl (C=O) groups excluding carboxylic acids is 2. The Morgan fingerprint density at radius 3 is 2.77 bits per heavy atom. The minimum Gasteiger partial charge on any atom is -0.479 e. The quantitative estimate of drug-likeness (QED) is 0.714. The summed E-state index contributed by atoms with van der Waals surface area (Å²) in [6.07, 6.45) is 0.731. The number of amides is 2. The first-order valence-corrected chi connectivity index (χ1v) is 10.9. The van der Waals surface area contributed by atoms with Crippen molar-refractivity contribution in [1.82, 2.24) is 10.2 Å². The zero-order chi connectivity index (χ0) is 20.9. The van der Waals surface area contributed by atoms with Crippen LogP contribution in [-0.4, -0.2) is 81.5 Å². The standard InChI is InChI=1S/C22H31N3O5/c1-16-22(27)25(18-4-2-3-5-20(18)30-16)8-6-21(26)23-14-19(17-7-11-29-15-17)24-9-12-28-13-10-24/h2-5,16-17,19H,6-15H2,1H3,(H,23,26). The van der Waals surface area contributed by atoms with Crippen molar-refractivity contribution in [3.05, 3.63) is 24.3 Å². The zero-order valence-corrected chi connectivity index (χ0v) is 17.5. The normalized spacial score (nSPS) is 25.5. The number of hydrogen-bond acceptors (Lipinski definition) is 6. The molecule has 0 spiro atoms. The number of anilines is 1. The lowest BCUT2D eigenvalue weighted by Crippen LogP contribution is -2.52. The van der Waals surface area contributed by atoms with Gasteiger partial charge in [-0.05, 0) is 25.5 Å². The van der Waals surface area contributed by atoms with Crippen molar-refractivity contribution < 1.29 is 23.8 Å². The van der Waals surface area contributed by atoms with Gasteiger partial charge in [-0.3, -0.25) is 14.5 Å². The molecule has 1 aromatic carbocycles. The molecule has 0 saturated carbocycles. The Balaban J connectivity index is 1.33. The van der Waals surface area contributed by atoms with Crippen LogP contribution in [0.4, 0.5) is 5.69 Å². The summed E-state index contributed by atoms with van der Waals surface area (Å²) in [6.45, 7) is 7.43. The Kier molecular flexibility index (Phi) is 6.86. The molecular weight excluding hydrogens is 386 g/mol. The first-order valence-electron chi connectivity index (χ1n) is 10.9. The highest BCUT2D eigenvalue weighted by molar-refractivity contribution is 6.00. The molecule has 1 aromatic rings. The van der Waals surface area contributed by atoms with Crippen molar-refractivity contribution in [1.29, 1.82) is 0 Å². The molecule has 0 radical (unpaired) electrons. The van der Waals surface area contributed by atoms with Gasteiger partial charge in [0.05, 0.1) is 25.5 Å². The van der Waals surface area contributed by atoms with Crippen LogP contribution in [0.5, 0.6) is 5.75 Å². The van der Waals surface area contributed by atoms with Crippen LogP contribution in [0.25, 0.3) is 0 Å². The number of fused-ring (bicyclic) bond motifs is 1. The Bertz CT molecular complexity index is 746. The van der Waals surface area contributed by atoms with Crippen LogP contribution >= 0.6 is 0 Å². The van der Waals surface area contributed by atoms with Crippen LogP contribution in [0.15, 0.2) is 24.3 Å². The molecule has 164 valence electrons. The maximum atomic E-state index is 12.6. The number of hydrogen-bond donors (Lipinski definition) is 1. The van der Waals surface area contributed by atoms with Gasteiger partial charge in [0.15, 0.2) is 6.10 Å². The minimum atomic E-state index is -0.545. The summed E-state index contributed by atoms with van der Waals surface area (Å²) >= 11 is 0. The van der Waals surface area contributed by atoms with E-state index in [1.807, 2.05) is 24.3 Å². The van der Waals surface area contributed by atoms with Gasteiger partial charge in [-0.15, -0.1) is 0 Å². The van der Waals surface area contributed by atoms with E-state index in [4.69, 9.17) is 14.2 Å². The van der Waals surface area contributed by atoms with E-state index in [0.717, 1.165) is 51.6 Å². The SMILES string of the molecule is CC1Oc2ccccc2N(CCC(=O)NCC(C2CCOC2)N2CCOCC2)C1=O.